The summed E-state index contributed by atoms with van der Waals surface area (Å²) in [5.41, 5.74) is 1.08. The SMILES string of the molecule is O=C1CC[C@@H](N2CC=C3C=CC=CN32)C(=O)N1. The third kappa shape index (κ3) is 1.68. The summed E-state index contributed by atoms with van der Waals surface area (Å²) >= 11 is 0. The lowest BCUT2D eigenvalue weighted by Gasteiger charge is -2.36. The number of carbonyl (C=O) groups excluding carboxylic acids is 2. The number of carbonyl (C=O) groups is 2. The number of hydrazine groups is 1. The third-order valence-electron chi connectivity index (χ3n) is 3.20. The van der Waals surface area contributed by atoms with Crippen molar-refractivity contribution in [1.29, 1.82) is 0 Å². The summed E-state index contributed by atoms with van der Waals surface area (Å²) in [4.78, 5) is 22.9. The first-order valence-electron chi connectivity index (χ1n) is 5.70. The highest BCUT2D eigenvalue weighted by molar-refractivity contribution is 6.00. The van der Waals surface area contributed by atoms with E-state index in [0.717, 1.165) is 5.70 Å². The van der Waals surface area contributed by atoms with Crippen molar-refractivity contribution in [1.82, 2.24) is 15.3 Å². The van der Waals surface area contributed by atoms with E-state index in [0.29, 0.717) is 19.4 Å². The Labute approximate surface area is 99.0 Å². The first kappa shape index (κ1) is 10.3. The Balaban J connectivity index is 1.78. The Morgan fingerprint density at radius 3 is 3.00 bits per heavy atom. The third-order valence-corrected chi connectivity index (χ3v) is 3.20. The molecule has 0 spiro atoms. The number of rotatable bonds is 1. The summed E-state index contributed by atoms with van der Waals surface area (Å²) in [5, 5.41) is 6.35. The molecule has 0 aromatic carbocycles. The van der Waals surface area contributed by atoms with Crippen molar-refractivity contribution >= 4 is 11.8 Å². The molecule has 3 aliphatic rings. The quantitative estimate of drug-likeness (QED) is 0.659. The van der Waals surface area contributed by atoms with Gasteiger partial charge in [0, 0.05) is 19.2 Å². The molecule has 88 valence electrons. The summed E-state index contributed by atoms with van der Waals surface area (Å²) in [6.07, 6.45) is 10.9. The van der Waals surface area contributed by atoms with E-state index in [9.17, 15) is 9.59 Å². The number of imide groups is 1. The minimum absolute atomic E-state index is 0.173. The van der Waals surface area contributed by atoms with Crippen LogP contribution in [0, 0.1) is 0 Å². The molecule has 0 bridgehead atoms. The zero-order valence-corrected chi connectivity index (χ0v) is 9.30. The Kier molecular flexibility index (Phi) is 2.33. The molecule has 0 unspecified atom stereocenters. The second-order valence-corrected chi connectivity index (χ2v) is 4.26. The summed E-state index contributed by atoms with van der Waals surface area (Å²) in [5.74, 6) is -0.369. The molecule has 1 N–H and O–H groups in total. The maximum Gasteiger partial charge on any atom is 0.245 e. The molecule has 0 aliphatic carbocycles. The maximum atomic E-state index is 11.8. The highest BCUT2D eigenvalue weighted by Crippen LogP contribution is 2.26. The van der Waals surface area contributed by atoms with Crippen LogP contribution in [-0.2, 0) is 9.59 Å². The monoisotopic (exact) mass is 231 g/mol. The van der Waals surface area contributed by atoms with Crippen molar-refractivity contribution < 1.29 is 9.59 Å². The molecule has 5 nitrogen and oxygen atoms in total. The fourth-order valence-electron chi connectivity index (χ4n) is 2.36. The topological polar surface area (TPSA) is 52.7 Å². The summed E-state index contributed by atoms with van der Waals surface area (Å²) in [6, 6.07) is -0.252. The van der Waals surface area contributed by atoms with E-state index in [-0.39, 0.29) is 17.9 Å². The normalized spacial score (nSPS) is 28.1. The van der Waals surface area contributed by atoms with Gasteiger partial charge < -0.3 is 0 Å². The van der Waals surface area contributed by atoms with Crippen LogP contribution >= 0.6 is 0 Å². The van der Waals surface area contributed by atoms with Crippen LogP contribution in [0.2, 0.25) is 0 Å². The Bertz CT molecular complexity index is 464. The van der Waals surface area contributed by atoms with Gasteiger partial charge in [0.1, 0.15) is 6.04 Å². The van der Waals surface area contributed by atoms with Crippen molar-refractivity contribution in [2.75, 3.05) is 6.54 Å². The van der Waals surface area contributed by atoms with Crippen molar-refractivity contribution in [2.45, 2.75) is 18.9 Å². The Hall–Kier alpha value is -1.88. The molecule has 1 atom stereocenters. The average molecular weight is 231 g/mol. The van der Waals surface area contributed by atoms with Gasteiger partial charge in [-0.25, -0.2) is 5.01 Å². The number of nitrogens with one attached hydrogen (secondary N) is 1. The van der Waals surface area contributed by atoms with Crippen LogP contribution in [0.4, 0.5) is 0 Å². The molecule has 3 rings (SSSR count). The lowest BCUT2D eigenvalue weighted by molar-refractivity contribution is -0.140. The molecular formula is C12H13N3O2. The van der Waals surface area contributed by atoms with Gasteiger partial charge in [-0.1, -0.05) is 6.08 Å². The van der Waals surface area contributed by atoms with Crippen LogP contribution in [0.25, 0.3) is 0 Å². The van der Waals surface area contributed by atoms with Gasteiger partial charge in [0.05, 0.1) is 5.70 Å². The molecule has 1 saturated heterocycles. The lowest BCUT2D eigenvalue weighted by Crippen LogP contribution is -2.55. The maximum absolute atomic E-state index is 11.8. The van der Waals surface area contributed by atoms with Gasteiger partial charge >= 0.3 is 0 Å². The summed E-state index contributed by atoms with van der Waals surface area (Å²) in [6.45, 7) is 0.705. The van der Waals surface area contributed by atoms with E-state index in [1.807, 2.05) is 34.4 Å². The van der Waals surface area contributed by atoms with E-state index in [4.69, 9.17) is 0 Å². The van der Waals surface area contributed by atoms with Crippen LogP contribution < -0.4 is 5.32 Å². The fourth-order valence-corrected chi connectivity index (χ4v) is 2.36. The van der Waals surface area contributed by atoms with Gasteiger partial charge in [-0.15, -0.1) is 0 Å². The van der Waals surface area contributed by atoms with E-state index in [2.05, 4.69) is 11.4 Å². The van der Waals surface area contributed by atoms with Crippen LogP contribution in [0.3, 0.4) is 0 Å². The molecule has 3 heterocycles. The van der Waals surface area contributed by atoms with E-state index in [1.54, 1.807) is 0 Å². The van der Waals surface area contributed by atoms with Gasteiger partial charge in [-0.3, -0.25) is 19.9 Å². The molecule has 5 heteroatoms. The summed E-state index contributed by atoms with van der Waals surface area (Å²) in [7, 11) is 0. The zero-order valence-electron chi connectivity index (χ0n) is 9.30. The average Bonchev–Trinajstić information content (AvgIpc) is 2.73. The van der Waals surface area contributed by atoms with Crippen molar-refractivity contribution in [3.05, 3.63) is 36.2 Å². The van der Waals surface area contributed by atoms with Gasteiger partial charge in [0.2, 0.25) is 11.8 Å². The Morgan fingerprint density at radius 1 is 1.29 bits per heavy atom. The van der Waals surface area contributed by atoms with Gasteiger partial charge in [0.15, 0.2) is 0 Å². The van der Waals surface area contributed by atoms with Gasteiger partial charge in [-0.05, 0) is 24.6 Å². The molecule has 3 aliphatic heterocycles. The fraction of sp³-hybridized carbons (Fsp3) is 0.333. The predicted octanol–water partition coefficient (Wildman–Crippen LogP) is 0.292. The molecule has 0 saturated carbocycles. The zero-order chi connectivity index (χ0) is 11.8. The molecule has 0 radical (unpaired) electrons. The minimum atomic E-state index is -0.252. The summed E-state index contributed by atoms with van der Waals surface area (Å²) < 4.78 is 0. The minimum Gasteiger partial charge on any atom is -0.295 e. The van der Waals surface area contributed by atoms with Crippen molar-refractivity contribution in [3.63, 3.8) is 0 Å². The first-order chi connectivity index (χ1) is 8.25. The molecule has 17 heavy (non-hydrogen) atoms. The number of allylic oxidation sites excluding steroid dienone is 3. The molecular weight excluding hydrogens is 218 g/mol. The van der Waals surface area contributed by atoms with E-state index in [1.165, 1.54) is 0 Å². The number of amides is 2. The number of piperidine rings is 1. The van der Waals surface area contributed by atoms with E-state index < -0.39 is 0 Å². The predicted molar refractivity (Wildman–Crippen MR) is 61.1 cm³/mol. The molecule has 0 aromatic rings. The number of hydrogen-bond acceptors (Lipinski definition) is 4. The van der Waals surface area contributed by atoms with Crippen LogP contribution in [0.15, 0.2) is 36.2 Å². The molecule has 1 fully saturated rings. The highest BCUT2D eigenvalue weighted by Gasteiger charge is 2.36. The van der Waals surface area contributed by atoms with Crippen LogP contribution in [0.5, 0.6) is 0 Å². The van der Waals surface area contributed by atoms with Gasteiger partial charge in [-0.2, -0.15) is 0 Å². The van der Waals surface area contributed by atoms with Crippen molar-refractivity contribution in [2.24, 2.45) is 0 Å². The molecule has 0 aromatic heterocycles. The second-order valence-electron chi connectivity index (χ2n) is 4.26. The standard InChI is InChI=1S/C12H13N3O2/c16-11-5-4-10(12(17)13-11)15-8-6-9-3-1-2-7-14(9)15/h1-3,6-7,10H,4-5,8H2,(H,13,16,17)/t10-/m1/s1. The van der Waals surface area contributed by atoms with Gasteiger partial charge in [0.25, 0.3) is 0 Å². The lowest BCUT2D eigenvalue weighted by atomic mass is 10.1. The van der Waals surface area contributed by atoms with Crippen LogP contribution in [-0.4, -0.2) is 34.4 Å². The number of hydrogen-bond donors (Lipinski definition) is 1. The second kappa shape index (κ2) is 3.85. The van der Waals surface area contributed by atoms with Crippen molar-refractivity contribution in [3.8, 4) is 0 Å². The van der Waals surface area contributed by atoms with Crippen LogP contribution in [0.1, 0.15) is 12.8 Å². The smallest absolute Gasteiger partial charge is 0.245 e. The highest BCUT2D eigenvalue weighted by atomic mass is 16.2. The number of fused-ring (bicyclic) bond motifs is 1. The number of nitrogens with zero attached hydrogens (tertiary/aromatic N) is 2. The van der Waals surface area contributed by atoms with E-state index >= 15 is 0 Å². The largest absolute Gasteiger partial charge is 0.295 e. The molecule has 2 amide bonds. The Morgan fingerprint density at radius 2 is 2.18 bits per heavy atom. The first-order valence-corrected chi connectivity index (χ1v) is 5.70.